The molecule has 1 aliphatic carbocycles. The topological polar surface area (TPSA) is 67.1 Å². The Morgan fingerprint density at radius 2 is 1.92 bits per heavy atom. The van der Waals surface area contributed by atoms with Crippen LogP contribution >= 0.6 is 39.9 Å². The Labute approximate surface area is 180 Å². The Bertz CT molecular complexity index is 722. The van der Waals surface area contributed by atoms with Crippen LogP contribution in [0.15, 0.2) is 40.1 Å². The molecule has 6 nitrogen and oxygen atoms in total. The van der Waals surface area contributed by atoms with Gasteiger partial charge in [0.1, 0.15) is 12.2 Å². The Hall–Kier alpha value is -1.16. The van der Waals surface area contributed by atoms with Gasteiger partial charge in [0.15, 0.2) is 5.96 Å². The predicted molar refractivity (Wildman–Crippen MR) is 119 cm³/mol. The third-order valence-electron chi connectivity index (χ3n) is 5.05. The number of halogens is 2. The van der Waals surface area contributed by atoms with Crippen LogP contribution in [-0.4, -0.2) is 34.3 Å². The molecular weight excluding hydrogens is 507 g/mol. The average Bonchev–Trinajstić information content (AvgIpc) is 3.26. The average molecular weight is 533 g/mol. The largest absolute Gasteiger partial charge is 0.356 e. The Morgan fingerprint density at radius 1 is 1.23 bits per heavy atom. The summed E-state index contributed by atoms with van der Waals surface area (Å²) in [6.45, 7) is 1.48. The number of aliphatic imine (C=N–C) groups is 1. The van der Waals surface area contributed by atoms with E-state index in [4.69, 9.17) is 0 Å². The van der Waals surface area contributed by atoms with E-state index in [2.05, 4.69) is 65.9 Å². The van der Waals surface area contributed by atoms with E-state index in [-0.39, 0.29) is 29.4 Å². The summed E-state index contributed by atoms with van der Waals surface area (Å²) in [4.78, 5) is 8.58. The normalized spacial score (nSPS) is 16.2. The van der Waals surface area contributed by atoms with E-state index in [9.17, 15) is 0 Å². The zero-order valence-corrected chi connectivity index (χ0v) is 19.1. The van der Waals surface area contributed by atoms with Gasteiger partial charge >= 0.3 is 0 Å². The molecule has 1 aromatic heterocycles. The molecule has 0 amide bonds. The second kappa shape index (κ2) is 9.68. The predicted octanol–water partition coefficient (Wildman–Crippen LogP) is 3.37. The number of hydrogen-bond acceptors (Lipinski definition) is 3. The van der Waals surface area contributed by atoms with Crippen LogP contribution in [0.25, 0.3) is 0 Å². The summed E-state index contributed by atoms with van der Waals surface area (Å²) < 4.78 is 2.89. The van der Waals surface area contributed by atoms with Crippen molar-refractivity contribution in [2.45, 2.75) is 37.6 Å². The molecule has 0 radical (unpaired) electrons. The van der Waals surface area contributed by atoms with Gasteiger partial charge in [0.25, 0.3) is 0 Å². The van der Waals surface area contributed by atoms with Crippen molar-refractivity contribution in [3.63, 3.8) is 0 Å². The molecule has 1 saturated carbocycles. The van der Waals surface area contributed by atoms with Crippen LogP contribution in [-0.2, 0) is 19.0 Å². The highest BCUT2D eigenvalue weighted by molar-refractivity contribution is 14.0. The van der Waals surface area contributed by atoms with Gasteiger partial charge in [-0.1, -0.05) is 40.9 Å². The molecule has 0 spiro atoms. The van der Waals surface area contributed by atoms with E-state index in [0.29, 0.717) is 6.54 Å². The van der Waals surface area contributed by atoms with E-state index in [1.165, 1.54) is 31.2 Å². The van der Waals surface area contributed by atoms with Gasteiger partial charge in [-0.15, -0.1) is 24.0 Å². The molecule has 1 fully saturated rings. The summed E-state index contributed by atoms with van der Waals surface area (Å²) in [6.07, 6.45) is 6.55. The van der Waals surface area contributed by atoms with Crippen molar-refractivity contribution >= 4 is 45.9 Å². The molecule has 26 heavy (non-hydrogen) atoms. The molecule has 0 saturated heterocycles. The quantitative estimate of drug-likeness (QED) is 0.352. The van der Waals surface area contributed by atoms with Crippen molar-refractivity contribution in [2.24, 2.45) is 12.0 Å². The second-order valence-corrected chi connectivity index (χ2v) is 7.49. The summed E-state index contributed by atoms with van der Waals surface area (Å²) in [5.41, 5.74) is 1.59. The summed E-state index contributed by atoms with van der Waals surface area (Å²) >= 11 is 3.53. The first kappa shape index (κ1) is 21.1. The summed E-state index contributed by atoms with van der Waals surface area (Å²) in [7, 11) is 3.69. The molecular formula is C18H26BrIN6. The monoisotopic (exact) mass is 532 g/mol. The van der Waals surface area contributed by atoms with Crippen LogP contribution in [0.3, 0.4) is 0 Å². The highest BCUT2D eigenvalue weighted by Crippen LogP contribution is 2.40. The van der Waals surface area contributed by atoms with Gasteiger partial charge in [0.2, 0.25) is 0 Å². The maximum Gasteiger partial charge on any atom is 0.191 e. The fourth-order valence-corrected chi connectivity index (χ4v) is 3.80. The number of hydrogen-bond donors (Lipinski definition) is 2. The Kier molecular flexibility index (Phi) is 7.87. The number of benzene rings is 1. The Balaban J connectivity index is 0.00000243. The van der Waals surface area contributed by atoms with Crippen molar-refractivity contribution < 1.29 is 0 Å². The number of aryl methyl sites for hydroxylation is 1. The molecule has 0 unspecified atom stereocenters. The van der Waals surface area contributed by atoms with Crippen molar-refractivity contribution in [2.75, 3.05) is 13.6 Å². The zero-order chi connectivity index (χ0) is 17.7. The molecule has 2 N–H and O–H groups in total. The van der Waals surface area contributed by atoms with Crippen LogP contribution in [0.4, 0.5) is 0 Å². The molecule has 1 aromatic carbocycles. The van der Waals surface area contributed by atoms with Crippen molar-refractivity contribution in [1.82, 2.24) is 25.4 Å². The SMILES string of the molecule is CN=C(NCc1ncnn1C)NCC1(c2ccc(Br)cc2)CCCC1.I. The van der Waals surface area contributed by atoms with Gasteiger partial charge in [0.05, 0.1) is 6.54 Å². The molecule has 0 bridgehead atoms. The first-order valence-electron chi connectivity index (χ1n) is 8.66. The van der Waals surface area contributed by atoms with Crippen LogP contribution in [0.1, 0.15) is 37.1 Å². The number of nitrogens with zero attached hydrogens (tertiary/aromatic N) is 4. The molecule has 0 atom stereocenters. The molecule has 2 aromatic rings. The lowest BCUT2D eigenvalue weighted by atomic mass is 9.79. The van der Waals surface area contributed by atoms with Crippen molar-refractivity contribution in [3.05, 3.63) is 46.5 Å². The Morgan fingerprint density at radius 3 is 2.50 bits per heavy atom. The minimum atomic E-state index is 0. The van der Waals surface area contributed by atoms with E-state index >= 15 is 0 Å². The van der Waals surface area contributed by atoms with E-state index in [0.717, 1.165) is 22.8 Å². The molecule has 1 aliphatic rings. The van der Waals surface area contributed by atoms with Crippen molar-refractivity contribution in [3.8, 4) is 0 Å². The zero-order valence-electron chi connectivity index (χ0n) is 15.2. The lowest BCUT2D eigenvalue weighted by Gasteiger charge is -2.31. The highest BCUT2D eigenvalue weighted by Gasteiger charge is 2.35. The fraction of sp³-hybridized carbons (Fsp3) is 0.500. The maximum atomic E-state index is 4.35. The summed E-state index contributed by atoms with van der Waals surface area (Å²) in [5, 5.41) is 10.9. The lowest BCUT2D eigenvalue weighted by molar-refractivity contribution is 0.431. The van der Waals surface area contributed by atoms with Gasteiger partial charge in [-0.3, -0.25) is 9.67 Å². The number of guanidine groups is 1. The second-order valence-electron chi connectivity index (χ2n) is 6.57. The molecule has 8 heteroatoms. The van der Waals surface area contributed by atoms with E-state index in [1.807, 2.05) is 7.05 Å². The first-order chi connectivity index (χ1) is 12.1. The van der Waals surface area contributed by atoms with Crippen LogP contribution < -0.4 is 10.6 Å². The minimum absolute atomic E-state index is 0. The molecule has 1 heterocycles. The van der Waals surface area contributed by atoms with Crippen LogP contribution in [0.2, 0.25) is 0 Å². The van der Waals surface area contributed by atoms with Crippen LogP contribution in [0.5, 0.6) is 0 Å². The van der Waals surface area contributed by atoms with Crippen molar-refractivity contribution in [1.29, 1.82) is 0 Å². The van der Waals surface area contributed by atoms with E-state index < -0.39 is 0 Å². The number of nitrogens with one attached hydrogen (secondary N) is 2. The maximum absolute atomic E-state index is 4.35. The number of rotatable bonds is 5. The molecule has 0 aliphatic heterocycles. The third kappa shape index (κ3) is 4.97. The van der Waals surface area contributed by atoms with Gasteiger partial charge in [-0.05, 0) is 30.5 Å². The van der Waals surface area contributed by atoms with Gasteiger partial charge in [-0.2, -0.15) is 5.10 Å². The van der Waals surface area contributed by atoms with Gasteiger partial charge in [-0.25, -0.2) is 4.98 Å². The van der Waals surface area contributed by atoms with E-state index in [1.54, 1.807) is 18.1 Å². The third-order valence-corrected chi connectivity index (χ3v) is 5.58. The smallest absolute Gasteiger partial charge is 0.191 e. The summed E-state index contributed by atoms with van der Waals surface area (Å²) in [6, 6.07) is 8.76. The minimum Gasteiger partial charge on any atom is -0.356 e. The summed E-state index contributed by atoms with van der Waals surface area (Å²) in [5.74, 6) is 1.68. The highest BCUT2D eigenvalue weighted by atomic mass is 127. The number of aromatic nitrogens is 3. The lowest BCUT2D eigenvalue weighted by Crippen LogP contribution is -2.44. The fourth-order valence-electron chi connectivity index (χ4n) is 3.54. The first-order valence-corrected chi connectivity index (χ1v) is 9.46. The van der Waals surface area contributed by atoms with Crippen LogP contribution in [0, 0.1) is 0 Å². The van der Waals surface area contributed by atoms with Gasteiger partial charge < -0.3 is 10.6 Å². The molecule has 142 valence electrons. The standard InChI is InChI=1S/C18H25BrN6.HI/c1-20-17(21-11-16-23-13-24-25(16)2)22-12-18(9-3-4-10-18)14-5-7-15(19)8-6-14;/h5-8,13H,3-4,9-12H2,1-2H3,(H2,20,21,22);1H. The molecule has 3 rings (SSSR count). The van der Waals surface area contributed by atoms with Gasteiger partial charge in [0, 0.05) is 30.5 Å².